The molecule has 0 fully saturated rings. The Morgan fingerprint density at radius 1 is 1.09 bits per heavy atom. The van der Waals surface area contributed by atoms with Gasteiger partial charge in [0.15, 0.2) is 5.82 Å². The molecule has 0 aliphatic heterocycles. The maximum absolute atomic E-state index is 13.4. The molecule has 0 aliphatic rings. The first-order valence-corrected chi connectivity index (χ1v) is 11.0. The molecule has 0 bridgehead atoms. The number of benzene rings is 3. The van der Waals surface area contributed by atoms with Crippen molar-refractivity contribution >= 4 is 22.3 Å². The summed E-state index contributed by atoms with van der Waals surface area (Å²) in [6.45, 7) is 8.25. The van der Waals surface area contributed by atoms with Crippen LogP contribution in [0.3, 0.4) is 0 Å². The van der Waals surface area contributed by atoms with Crippen molar-refractivity contribution in [2.75, 3.05) is 5.73 Å². The fourth-order valence-electron chi connectivity index (χ4n) is 3.68. The van der Waals surface area contributed by atoms with E-state index in [0.717, 1.165) is 22.4 Å². The summed E-state index contributed by atoms with van der Waals surface area (Å²) in [6.07, 6.45) is 0. The molecule has 0 amide bonds. The third kappa shape index (κ3) is 4.80. The number of anilines is 1. The number of para-hydroxylation sites is 1. The maximum Gasteiger partial charge on any atom is 0.282 e. The Kier molecular flexibility index (Phi) is 6.27. The molecule has 33 heavy (non-hydrogen) atoms. The zero-order valence-corrected chi connectivity index (χ0v) is 19.4. The molecule has 6 heteroatoms. The molecule has 0 unspecified atom stereocenters. The van der Waals surface area contributed by atoms with Crippen LogP contribution in [0.2, 0.25) is 0 Å². The summed E-state index contributed by atoms with van der Waals surface area (Å²) in [4.78, 5) is 18.1. The lowest BCUT2D eigenvalue weighted by Gasteiger charge is -2.16. The minimum Gasteiger partial charge on any atom is -0.485 e. The van der Waals surface area contributed by atoms with Gasteiger partial charge in [0.1, 0.15) is 12.4 Å². The van der Waals surface area contributed by atoms with E-state index >= 15 is 0 Å². The number of nitrogens with zero attached hydrogens (tertiary/aromatic N) is 3. The molecule has 6 nitrogen and oxygen atoms in total. The number of rotatable bonds is 6. The Morgan fingerprint density at radius 3 is 2.55 bits per heavy atom. The molecule has 1 aromatic heterocycles. The summed E-state index contributed by atoms with van der Waals surface area (Å²) in [5, 5.41) is 5.14. The second kappa shape index (κ2) is 9.28. The number of ether oxygens (including phenoxy) is 1. The minimum absolute atomic E-state index is 0.113. The highest BCUT2D eigenvalue weighted by Crippen LogP contribution is 2.28. The van der Waals surface area contributed by atoms with E-state index in [1.165, 1.54) is 4.68 Å². The van der Waals surface area contributed by atoms with Gasteiger partial charge in [-0.2, -0.15) is 9.78 Å². The molecule has 4 rings (SSSR count). The number of aromatic nitrogens is 2. The molecule has 3 aromatic carbocycles. The molecule has 0 saturated heterocycles. The summed E-state index contributed by atoms with van der Waals surface area (Å²) in [5.74, 6) is 1.53. The predicted molar refractivity (Wildman–Crippen MR) is 134 cm³/mol. The fraction of sp³-hybridized carbons (Fsp3) is 0.222. The molecule has 0 atom stereocenters. The molecule has 4 aromatic rings. The Bertz CT molecular complexity index is 1390. The smallest absolute Gasteiger partial charge is 0.282 e. The van der Waals surface area contributed by atoms with Crippen LogP contribution in [0.4, 0.5) is 5.69 Å². The number of hydrogen-bond acceptors (Lipinski definition) is 5. The van der Waals surface area contributed by atoms with Crippen LogP contribution in [-0.2, 0) is 6.61 Å². The average molecular weight is 441 g/mol. The molecule has 1 heterocycles. The van der Waals surface area contributed by atoms with Crippen molar-refractivity contribution in [1.82, 2.24) is 9.66 Å². The van der Waals surface area contributed by atoms with Crippen LogP contribution in [0.15, 0.2) is 76.6 Å². The van der Waals surface area contributed by atoms with Crippen LogP contribution in [0.5, 0.6) is 5.75 Å². The van der Waals surface area contributed by atoms with Gasteiger partial charge in [-0.05, 0) is 66.8 Å². The van der Waals surface area contributed by atoms with Gasteiger partial charge in [-0.15, -0.1) is 0 Å². The first-order chi connectivity index (χ1) is 15.8. The lowest BCUT2D eigenvalue weighted by molar-refractivity contribution is 0.285. The third-order valence-corrected chi connectivity index (χ3v) is 5.55. The van der Waals surface area contributed by atoms with Gasteiger partial charge in [-0.25, -0.2) is 4.98 Å². The Balaban J connectivity index is 1.79. The summed E-state index contributed by atoms with van der Waals surface area (Å²) in [5.41, 5.74) is 10.6. The summed E-state index contributed by atoms with van der Waals surface area (Å²) < 4.78 is 7.55. The van der Waals surface area contributed by atoms with Gasteiger partial charge in [0.25, 0.3) is 5.56 Å². The largest absolute Gasteiger partial charge is 0.485 e. The number of nitrogen functional groups attached to an aromatic ring is 1. The zero-order chi connectivity index (χ0) is 23.5. The summed E-state index contributed by atoms with van der Waals surface area (Å²) in [7, 11) is 0. The van der Waals surface area contributed by atoms with Gasteiger partial charge in [0.2, 0.25) is 0 Å². The van der Waals surface area contributed by atoms with E-state index in [9.17, 15) is 4.79 Å². The molecule has 0 spiro atoms. The van der Waals surface area contributed by atoms with Gasteiger partial charge < -0.3 is 10.5 Å². The second-order valence-electron chi connectivity index (χ2n) is 8.45. The highest BCUT2D eigenvalue weighted by atomic mass is 16.5. The van der Waals surface area contributed by atoms with Crippen molar-refractivity contribution in [3.63, 3.8) is 0 Å². The van der Waals surface area contributed by atoms with Crippen LogP contribution in [0.1, 0.15) is 49.2 Å². The molecular formula is C27H28N4O2. The maximum atomic E-state index is 13.4. The first kappa shape index (κ1) is 22.3. The van der Waals surface area contributed by atoms with Crippen LogP contribution in [0.25, 0.3) is 10.9 Å². The van der Waals surface area contributed by atoms with Crippen LogP contribution in [-0.4, -0.2) is 15.4 Å². The van der Waals surface area contributed by atoms with Crippen molar-refractivity contribution < 1.29 is 4.74 Å². The molecule has 0 aliphatic carbocycles. The Labute approximate surface area is 193 Å². The lowest BCUT2D eigenvalue weighted by Crippen LogP contribution is -2.24. The SMILES string of the molecule is C/C(=N/n1c(COc2cc(C)ccc2C(C)C)nc2ccccc2c1=O)c1ccc(N)cc1. The standard InChI is InChI=1S/C27H28N4O2/c1-17(2)22-14-9-18(3)15-25(22)33-16-26-29-24-8-6-5-7-23(24)27(32)31(26)30-19(4)20-10-12-21(28)13-11-20/h5-15,17H,16,28H2,1-4H3/b30-19-. The monoisotopic (exact) mass is 440 g/mol. The number of fused-ring (bicyclic) bond motifs is 1. The van der Waals surface area contributed by atoms with Gasteiger partial charge in [0, 0.05) is 5.69 Å². The van der Waals surface area contributed by atoms with E-state index in [2.05, 4.69) is 31.1 Å². The van der Waals surface area contributed by atoms with Gasteiger partial charge in [0.05, 0.1) is 16.6 Å². The molecule has 2 N–H and O–H groups in total. The summed E-state index contributed by atoms with van der Waals surface area (Å²) in [6, 6.07) is 20.8. The zero-order valence-electron chi connectivity index (χ0n) is 19.4. The van der Waals surface area contributed by atoms with Gasteiger partial charge in [-0.3, -0.25) is 4.79 Å². The molecule has 168 valence electrons. The van der Waals surface area contributed by atoms with E-state index in [1.54, 1.807) is 6.07 Å². The number of nitrogens with two attached hydrogens (primary N) is 1. The van der Waals surface area contributed by atoms with E-state index in [0.29, 0.717) is 34.0 Å². The van der Waals surface area contributed by atoms with Crippen LogP contribution in [0, 0.1) is 6.92 Å². The van der Waals surface area contributed by atoms with E-state index < -0.39 is 0 Å². The third-order valence-electron chi connectivity index (χ3n) is 5.55. The van der Waals surface area contributed by atoms with Crippen molar-refractivity contribution in [3.05, 3.63) is 99.6 Å². The van der Waals surface area contributed by atoms with Crippen LogP contribution >= 0.6 is 0 Å². The van der Waals surface area contributed by atoms with Gasteiger partial charge >= 0.3 is 0 Å². The average Bonchev–Trinajstić information content (AvgIpc) is 2.80. The Hall–Kier alpha value is -3.93. The highest BCUT2D eigenvalue weighted by molar-refractivity contribution is 5.98. The summed E-state index contributed by atoms with van der Waals surface area (Å²) >= 11 is 0. The molecule has 0 saturated carbocycles. The first-order valence-electron chi connectivity index (χ1n) is 11.0. The van der Waals surface area contributed by atoms with E-state index in [1.807, 2.05) is 62.4 Å². The lowest BCUT2D eigenvalue weighted by atomic mass is 10.0. The minimum atomic E-state index is -0.234. The number of aryl methyl sites for hydroxylation is 1. The van der Waals surface area contributed by atoms with Crippen molar-refractivity contribution in [2.45, 2.75) is 40.2 Å². The predicted octanol–water partition coefficient (Wildman–Crippen LogP) is 5.26. The molecule has 0 radical (unpaired) electrons. The fourth-order valence-corrected chi connectivity index (χ4v) is 3.68. The van der Waals surface area contributed by atoms with E-state index in [4.69, 9.17) is 15.5 Å². The second-order valence-corrected chi connectivity index (χ2v) is 8.45. The Morgan fingerprint density at radius 2 is 1.82 bits per heavy atom. The quantitative estimate of drug-likeness (QED) is 0.327. The number of hydrogen-bond donors (Lipinski definition) is 1. The van der Waals surface area contributed by atoms with Crippen LogP contribution < -0.4 is 16.0 Å². The van der Waals surface area contributed by atoms with Crippen molar-refractivity contribution in [2.24, 2.45) is 5.10 Å². The van der Waals surface area contributed by atoms with Crippen molar-refractivity contribution in [3.8, 4) is 5.75 Å². The van der Waals surface area contributed by atoms with Crippen molar-refractivity contribution in [1.29, 1.82) is 0 Å². The van der Waals surface area contributed by atoms with Gasteiger partial charge in [-0.1, -0.05) is 50.2 Å². The molecular weight excluding hydrogens is 412 g/mol. The topological polar surface area (TPSA) is 82.5 Å². The van der Waals surface area contributed by atoms with E-state index in [-0.39, 0.29) is 12.2 Å². The highest BCUT2D eigenvalue weighted by Gasteiger charge is 2.14. The normalized spacial score (nSPS) is 11.8.